The first-order chi connectivity index (χ1) is 7.13. The molecule has 3 unspecified atom stereocenters. The predicted octanol–water partition coefficient (Wildman–Crippen LogP) is 0.262. The van der Waals surface area contributed by atoms with Crippen molar-refractivity contribution in [3.8, 4) is 0 Å². The second-order valence-corrected chi connectivity index (χ2v) is 4.40. The maximum Gasteiger partial charge on any atom is 0.237 e. The minimum absolute atomic E-state index is 0.0223. The Labute approximate surface area is 91.4 Å². The highest BCUT2D eigenvalue weighted by molar-refractivity contribution is 5.81. The Morgan fingerprint density at radius 2 is 2.40 bits per heavy atom. The van der Waals surface area contributed by atoms with Crippen LogP contribution in [-0.4, -0.2) is 36.2 Å². The Kier molecular flexibility index (Phi) is 5.05. The van der Waals surface area contributed by atoms with Gasteiger partial charge < -0.3 is 15.7 Å². The summed E-state index contributed by atoms with van der Waals surface area (Å²) in [6, 6.07) is -0.0672. The van der Waals surface area contributed by atoms with Crippen molar-refractivity contribution in [3.05, 3.63) is 0 Å². The molecule has 0 aromatic heterocycles. The van der Waals surface area contributed by atoms with Crippen LogP contribution in [0.25, 0.3) is 0 Å². The molecule has 1 amide bonds. The van der Waals surface area contributed by atoms with Crippen LogP contribution < -0.4 is 10.6 Å². The van der Waals surface area contributed by atoms with Gasteiger partial charge in [-0.2, -0.15) is 0 Å². The van der Waals surface area contributed by atoms with Crippen LogP contribution >= 0.6 is 0 Å². The molecule has 0 radical (unpaired) electrons. The molecule has 0 saturated carbocycles. The highest BCUT2D eigenvalue weighted by Crippen LogP contribution is 2.19. The molecule has 1 aliphatic heterocycles. The molecule has 1 aliphatic rings. The van der Waals surface area contributed by atoms with Crippen molar-refractivity contribution in [2.24, 2.45) is 5.92 Å². The molecule has 3 atom stereocenters. The number of hydrogen-bond acceptors (Lipinski definition) is 3. The lowest BCUT2D eigenvalue weighted by molar-refractivity contribution is -0.124. The van der Waals surface area contributed by atoms with Crippen LogP contribution in [0.1, 0.15) is 33.1 Å². The summed E-state index contributed by atoms with van der Waals surface area (Å²) in [5, 5.41) is 15.0. The van der Waals surface area contributed by atoms with E-state index in [2.05, 4.69) is 17.6 Å². The summed E-state index contributed by atoms with van der Waals surface area (Å²) in [5.41, 5.74) is 0. The Bertz CT molecular complexity index is 207. The molecule has 0 aliphatic carbocycles. The molecule has 4 nitrogen and oxygen atoms in total. The van der Waals surface area contributed by atoms with Crippen LogP contribution in [0.4, 0.5) is 0 Å². The number of aliphatic hydroxyl groups excluding tert-OH is 1. The van der Waals surface area contributed by atoms with Gasteiger partial charge in [-0.3, -0.25) is 4.79 Å². The van der Waals surface area contributed by atoms with Crippen molar-refractivity contribution in [2.75, 3.05) is 13.1 Å². The monoisotopic (exact) mass is 214 g/mol. The van der Waals surface area contributed by atoms with Gasteiger partial charge in [-0.15, -0.1) is 0 Å². The first-order valence-corrected chi connectivity index (χ1v) is 5.82. The summed E-state index contributed by atoms with van der Waals surface area (Å²) >= 11 is 0. The van der Waals surface area contributed by atoms with E-state index in [-0.39, 0.29) is 11.9 Å². The van der Waals surface area contributed by atoms with E-state index in [4.69, 9.17) is 5.11 Å². The second kappa shape index (κ2) is 6.08. The summed E-state index contributed by atoms with van der Waals surface area (Å²) in [5.74, 6) is 0.683. The van der Waals surface area contributed by atoms with Gasteiger partial charge in [-0.25, -0.2) is 0 Å². The van der Waals surface area contributed by atoms with E-state index in [1.54, 1.807) is 6.92 Å². The molecular weight excluding hydrogens is 192 g/mol. The number of carbonyl (C=O) groups excluding carboxylic acids is 1. The fourth-order valence-corrected chi connectivity index (χ4v) is 1.94. The number of rotatable bonds is 4. The van der Waals surface area contributed by atoms with Gasteiger partial charge in [0.1, 0.15) is 0 Å². The number of amides is 1. The third kappa shape index (κ3) is 4.18. The summed E-state index contributed by atoms with van der Waals surface area (Å²) < 4.78 is 0. The highest BCUT2D eigenvalue weighted by Gasteiger charge is 2.25. The molecule has 15 heavy (non-hydrogen) atoms. The zero-order valence-corrected chi connectivity index (χ0v) is 9.62. The largest absolute Gasteiger partial charge is 0.392 e. The lowest BCUT2D eigenvalue weighted by atomic mass is 9.90. The highest BCUT2D eigenvalue weighted by atomic mass is 16.3. The summed E-state index contributed by atoms with van der Waals surface area (Å²) in [7, 11) is 0. The number of carbonyl (C=O) groups is 1. The van der Waals surface area contributed by atoms with Crippen LogP contribution in [-0.2, 0) is 4.79 Å². The van der Waals surface area contributed by atoms with Crippen molar-refractivity contribution in [1.82, 2.24) is 10.6 Å². The molecule has 1 saturated heterocycles. The minimum Gasteiger partial charge on any atom is -0.392 e. The number of piperidine rings is 1. The molecule has 0 aromatic rings. The number of aliphatic hydroxyl groups is 1. The van der Waals surface area contributed by atoms with Gasteiger partial charge in [-0.05, 0) is 32.2 Å². The Hall–Kier alpha value is -0.610. The zero-order chi connectivity index (χ0) is 11.3. The molecule has 1 fully saturated rings. The van der Waals surface area contributed by atoms with E-state index in [1.165, 1.54) is 0 Å². The molecule has 1 heterocycles. The van der Waals surface area contributed by atoms with E-state index in [0.29, 0.717) is 12.5 Å². The normalized spacial score (nSPS) is 28.5. The van der Waals surface area contributed by atoms with Gasteiger partial charge in [-0.1, -0.05) is 13.3 Å². The fourth-order valence-electron chi connectivity index (χ4n) is 1.94. The van der Waals surface area contributed by atoms with E-state index < -0.39 is 6.10 Å². The van der Waals surface area contributed by atoms with Crippen LogP contribution in [0.5, 0.6) is 0 Å². The first kappa shape index (κ1) is 12.5. The first-order valence-electron chi connectivity index (χ1n) is 5.82. The Balaban J connectivity index is 2.32. The number of nitrogens with one attached hydrogen (secondary N) is 2. The average Bonchev–Trinajstić information content (AvgIpc) is 2.26. The zero-order valence-electron chi connectivity index (χ0n) is 9.62. The van der Waals surface area contributed by atoms with Gasteiger partial charge in [0.15, 0.2) is 0 Å². The van der Waals surface area contributed by atoms with Crippen molar-refractivity contribution >= 4 is 5.91 Å². The smallest absolute Gasteiger partial charge is 0.237 e. The van der Waals surface area contributed by atoms with Crippen molar-refractivity contribution in [3.63, 3.8) is 0 Å². The standard InChI is InChI=1S/C11H22N2O2/c1-3-9-4-5-12-10(6-9)11(15)13-7-8(2)14/h8-10,12,14H,3-7H2,1-2H3,(H,13,15). The Morgan fingerprint density at radius 3 is 3.00 bits per heavy atom. The predicted molar refractivity (Wildman–Crippen MR) is 59.5 cm³/mol. The third-order valence-electron chi connectivity index (χ3n) is 2.98. The minimum atomic E-state index is -0.473. The average molecular weight is 214 g/mol. The molecule has 0 spiro atoms. The van der Waals surface area contributed by atoms with Gasteiger partial charge >= 0.3 is 0 Å². The van der Waals surface area contributed by atoms with E-state index >= 15 is 0 Å². The van der Waals surface area contributed by atoms with Crippen molar-refractivity contribution in [1.29, 1.82) is 0 Å². The third-order valence-corrected chi connectivity index (χ3v) is 2.98. The quantitative estimate of drug-likeness (QED) is 0.629. The lowest BCUT2D eigenvalue weighted by Crippen LogP contribution is -2.49. The van der Waals surface area contributed by atoms with E-state index in [9.17, 15) is 4.79 Å². The fraction of sp³-hybridized carbons (Fsp3) is 0.909. The van der Waals surface area contributed by atoms with E-state index in [1.807, 2.05) is 0 Å². The number of hydrogen-bond donors (Lipinski definition) is 3. The van der Waals surface area contributed by atoms with Crippen LogP contribution in [0, 0.1) is 5.92 Å². The van der Waals surface area contributed by atoms with Gasteiger partial charge in [0.05, 0.1) is 12.1 Å². The van der Waals surface area contributed by atoms with Crippen LogP contribution in [0.15, 0.2) is 0 Å². The van der Waals surface area contributed by atoms with E-state index in [0.717, 1.165) is 25.8 Å². The summed E-state index contributed by atoms with van der Waals surface area (Å²) in [6.45, 7) is 5.10. The molecule has 0 aromatic carbocycles. The topological polar surface area (TPSA) is 61.4 Å². The molecular formula is C11H22N2O2. The Morgan fingerprint density at radius 1 is 1.67 bits per heavy atom. The van der Waals surface area contributed by atoms with Crippen molar-refractivity contribution < 1.29 is 9.90 Å². The molecule has 0 bridgehead atoms. The maximum atomic E-state index is 11.7. The molecule has 3 N–H and O–H groups in total. The molecule has 1 rings (SSSR count). The van der Waals surface area contributed by atoms with Crippen LogP contribution in [0.2, 0.25) is 0 Å². The second-order valence-electron chi connectivity index (χ2n) is 4.40. The van der Waals surface area contributed by atoms with Crippen LogP contribution in [0.3, 0.4) is 0 Å². The van der Waals surface area contributed by atoms with Gasteiger partial charge in [0.25, 0.3) is 0 Å². The molecule has 88 valence electrons. The summed E-state index contributed by atoms with van der Waals surface area (Å²) in [4.78, 5) is 11.7. The van der Waals surface area contributed by atoms with Gasteiger partial charge in [0.2, 0.25) is 5.91 Å². The van der Waals surface area contributed by atoms with Crippen molar-refractivity contribution in [2.45, 2.75) is 45.3 Å². The summed E-state index contributed by atoms with van der Waals surface area (Å²) in [6.07, 6.45) is 2.75. The maximum absolute atomic E-state index is 11.7. The lowest BCUT2D eigenvalue weighted by Gasteiger charge is -2.28. The molecule has 4 heteroatoms. The SMILES string of the molecule is CCC1CCNC(C(=O)NCC(C)O)C1. The van der Waals surface area contributed by atoms with Gasteiger partial charge in [0, 0.05) is 6.54 Å².